The van der Waals surface area contributed by atoms with Crippen LogP contribution in [0.5, 0.6) is 0 Å². The van der Waals surface area contributed by atoms with Gasteiger partial charge in [-0.3, -0.25) is 0 Å². The lowest BCUT2D eigenvalue weighted by Crippen LogP contribution is -1.96. The topological polar surface area (TPSA) is 38.9 Å². The molecule has 0 aliphatic rings. The monoisotopic (exact) mass is 278 g/mol. The Balaban J connectivity index is 2.05. The van der Waals surface area contributed by atoms with Crippen molar-refractivity contribution >= 4 is 27.5 Å². The molecule has 0 aliphatic heterocycles. The second-order valence-corrected chi connectivity index (χ2v) is 5.67. The number of para-hydroxylation sites is 2. The lowest BCUT2D eigenvalue weighted by atomic mass is 10.0. The Hall–Kier alpha value is -2.09. The largest absolute Gasteiger partial charge is 0.398 e. The van der Waals surface area contributed by atoms with Gasteiger partial charge in [0.15, 0.2) is 0 Å². The minimum atomic E-state index is 0.853. The van der Waals surface area contributed by atoms with E-state index in [1.165, 1.54) is 31.2 Å². The highest BCUT2D eigenvalue weighted by atomic mass is 14.7. The van der Waals surface area contributed by atoms with E-state index >= 15 is 0 Å². The quantitative estimate of drug-likeness (QED) is 0.521. The van der Waals surface area contributed by atoms with E-state index in [2.05, 4.69) is 25.1 Å². The normalized spacial score (nSPS) is 11.3. The number of nitrogens with two attached hydrogens (primary N) is 1. The maximum absolute atomic E-state index is 6.36. The maximum atomic E-state index is 6.36. The number of fused-ring (bicyclic) bond motifs is 2. The standard InChI is InChI=1S/C19H22N2/c1-2-3-4-5-9-14-10-8-12-16-18(20)15-11-6-7-13-17(15)21-19(14)16/h6-8,10-13H,2-5,9H2,1H3,(H2,20,21). The molecule has 0 saturated carbocycles. The molecule has 21 heavy (non-hydrogen) atoms. The number of hydrogen-bond acceptors (Lipinski definition) is 2. The lowest BCUT2D eigenvalue weighted by Gasteiger charge is -2.10. The third-order valence-corrected chi connectivity index (χ3v) is 4.14. The summed E-state index contributed by atoms with van der Waals surface area (Å²) in [5.74, 6) is 0. The van der Waals surface area contributed by atoms with Crippen LogP contribution in [0.2, 0.25) is 0 Å². The van der Waals surface area contributed by atoms with E-state index < -0.39 is 0 Å². The van der Waals surface area contributed by atoms with E-state index in [0.29, 0.717) is 0 Å². The molecule has 0 bridgehead atoms. The molecule has 3 rings (SSSR count). The smallest absolute Gasteiger partial charge is 0.0762 e. The Morgan fingerprint density at radius 2 is 1.71 bits per heavy atom. The Bertz CT molecular complexity index is 762. The summed E-state index contributed by atoms with van der Waals surface area (Å²) in [6.07, 6.45) is 6.17. The van der Waals surface area contributed by atoms with Crippen LogP contribution in [0.25, 0.3) is 21.8 Å². The van der Waals surface area contributed by atoms with Gasteiger partial charge in [-0.1, -0.05) is 62.6 Å². The molecular weight excluding hydrogens is 256 g/mol. The van der Waals surface area contributed by atoms with Crippen molar-refractivity contribution in [2.45, 2.75) is 39.0 Å². The third kappa shape index (κ3) is 2.71. The number of aryl methyl sites for hydroxylation is 1. The summed E-state index contributed by atoms with van der Waals surface area (Å²) in [6.45, 7) is 2.24. The van der Waals surface area contributed by atoms with Crippen LogP contribution in [0.3, 0.4) is 0 Å². The van der Waals surface area contributed by atoms with Crippen LogP contribution >= 0.6 is 0 Å². The van der Waals surface area contributed by atoms with Crippen LogP contribution in [-0.2, 0) is 6.42 Å². The lowest BCUT2D eigenvalue weighted by molar-refractivity contribution is 0.668. The molecule has 0 amide bonds. The summed E-state index contributed by atoms with van der Waals surface area (Å²) in [5, 5.41) is 2.13. The second-order valence-electron chi connectivity index (χ2n) is 5.67. The van der Waals surface area contributed by atoms with Crippen molar-refractivity contribution in [1.29, 1.82) is 0 Å². The van der Waals surface area contributed by atoms with Gasteiger partial charge in [0.25, 0.3) is 0 Å². The molecule has 2 N–H and O–H groups in total. The molecule has 2 heteroatoms. The predicted octanol–water partition coefficient (Wildman–Crippen LogP) is 5.09. The Morgan fingerprint density at radius 3 is 2.57 bits per heavy atom. The zero-order chi connectivity index (χ0) is 14.7. The number of rotatable bonds is 5. The van der Waals surface area contributed by atoms with E-state index in [4.69, 9.17) is 10.7 Å². The number of unbranched alkanes of at least 4 members (excludes halogenated alkanes) is 3. The molecule has 1 heterocycles. The molecule has 2 aromatic carbocycles. The minimum Gasteiger partial charge on any atom is -0.398 e. The number of pyridine rings is 1. The van der Waals surface area contributed by atoms with Gasteiger partial charge < -0.3 is 5.73 Å². The second kappa shape index (κ2) is 6.13. The fourth-order valence-corrected chi connectivity index (χ4v) is 2.95. The van der Waals surface area contributed by atoms with Gasteiger partial charge in [-0.2, -0.15) is 0 Å². The van der Waals surface area contributed by atoms with Gasteiger partial charge in [0.2, 0.25) is 0 Å². The first-order chi connectivity index (χ1) is 10.3. The number of aromatic nitrogens is 1. The van der Waals surface area contributed by atoms with Crippen LogP contribution < -0.4 is 5.73 Å². The summed E-state index contributed by atoms with van der Waals surface area (Å²) in [6, 6.07) is 14.5. The van der Waals surface area contributed by atoms with Crippen molar-refractivity contribution in [2.75, 3.05) is 5.73 Å². The molecule has 0 radical (unpaired) electrons. The summed E-state index contributed by atoms with van der Waals surface area (Å²) < 4.78 is 0. The number of anilines is 1. The molecule has 0 atom stereocenters. The van der Waals surface area contributed by atoms with Gasteiger partial charge in [0, 0.05) is 10.8 Å². The Morgan fingerprint density at radius 1 is 0.905 bits per heavy atom. The molecular formula is C19H22N2. The highest BCUT2D eigenvalue weighted by Gasteiger charge is 2.09. The van der Waals surface area contributed by atoms with Crippen LogP contribution in [0, 0.1) is 0 Å². The van der Waals surface area contributed by atoms with Crippen molar-refractivity contribution in [3.05, 3.63) is 48.0 Å². The molecule has 0 fully saturated rings. The maximum Gasteiger partial charge on any atom is 0.0762 e. The first kappa shape index (κ1) is 13.9. The van der Waals surface area contributed by atoms with Crippen molar-refractivity contribution in [3.8, 4) is 0 Å². The van der Waals surface area contributed by atoms with Gasteiger partial charge in [-0.15, -0.1) is 0 Å². The number of nitrogens with zero attached hydrogens (tertiary/aromatic N) is 1. The van der Waals surface area contributed by atoms with E-state index in [1.807, 2.05) is 24.3 Å². The number of benzene rings is 2. The van der Waals surface area contributed by atoms with Gasteiger partial charge in [-0.05, 0) is 24.5 Å². The van der Waals surface area contributed by atoms with Crippen molar-refractivity contribution in [1.82, 2.24) is 4.98 Å². The molecule has 0 aliphatic carbocycles. The van der Waals surface area contributed by atoms with E-state index in [0.717, 1.165) is 33.9 Å². The molecule has 0 saturated heterocycles. The highest BCUT2D eigenvalue weighted by Crippen LogP contribution is 2.30. The van der Waals surface area contributed by atoms with Crippen molar-refractivity contribution in [3.63, 3.8) is 0 Å². The van der Waals surface area contributed by atoms with Gasteiger partial charge >= 0.3 is 0 Å². The minimum absolute atomic E-state index is 0.853. The molecule has 2 nitrogen and oxygen atoms in total. The Labute approximate surface area is 126 Å². The van der Waals surface area contributed by atoms with E-state index in [-0.39, 0.29) is 0 Å². The average Bonchev–Trinajstić information content (AvgIpc) is 2.52. The SMILES string of the molecule is CCCCCCc1cccc2c(N)c3ccccc3nc12. The summed E-state index contributed by atoms with van der Waals surface area (Å²) in [5.41, 5.74) is 10.6. The Kier molecular flexibility index (Phi) is 4.05. The fourth-order valence-electron chi connectivity index (χ4n) is 2.95. The molecule has 0 unspecified atom stereocenters. The summed E-state index contributed by atoms with van der Waals surface area (Å²) >= 11 is 0. The molecule has 0 spiro atoms. The zero-order valence-electron chi connectivity index (χ0n) is 12.6. The first-order valence-corrected chi connectivity index (χ1v) is 7.87. The van der Waals surface area contributed by atoms with Gasteiger partial charge in [0.1, 0.15) is 0 Å². The van der Waals surface area contributed by atoms with Crippen molar-refractivity contribution in [2.24, 2.45) is 0 Å². The summed E-state index contributed by atoms with van der Waals surface area (Å²) in [4.78, 5) is 4.86. The summed E-state index contributed by atoms with van der Waals surface area (Å²) in [7, 11) is 0. The number of nitrogen functional groups attached to an aromatic ring is 1. The van der Waals surface area contributed by atoms with Crippen LogP contribution in [0.15, 0.2) is 42.5 Å². The van der Waals surface area contributed by atoms with Crippen LogP contribution in [-0.4, -0.2) is 4.98 Å². The van der Waals surface area contributed by atoms with Gasteiger partial charge in [-0.25, -0.2) is 4.98 Å². The van der Waals surface area contributed by atoms with E-state index in [1.54, 1.807) is 0 Å². The molecule has 3 aromatic rings. The predicted molar refractivity (Wildman–Crippen MR) is 91.5 cm³/mol. The van der Waals surface area contributed by atoms with Gasteiger partial charge in [0.05, 0.1) is 16.7 Å². The van der Waals surface area contributed by atoms with Crippen molar-refractivity contribution < 1.29 is 0 Å². The zero-order valence-corrected chi connectivity index (χ0v) is 12.6. The third-order valence-electron chi connectivity index (χ3n) is 4.14. The molecule has 108 valence electrons. The van der Waals surface area contributed by atoms with Crippen LogP contribution in [0.1, 0.15) is 38.2 Å². The number of hydrogen-bond donors (Lipinski definition) is 1. The fraction of sp³-hybridized carbons (Fsp3) is 0.316. The molecule has 1 aromatic heterocycles. The first-order valence-electron chi connectivity index (χ1n) is 7.87. The highest BCUT2D eigenvalue weighted by molar-refractivity contribution is 6.07. The average molecular weight is 278 g/mol. The van der Waals surface area contributed by atoms with Crippen LogP contribution in [0.4, 0.5) is 5.69 Å². The van der Waals surface area contributed by atoms with E-state index in [9.17, 15) is 0 Å².